The molecule has 0 fully saturated rings. The van der Waals surface area contributed by atoms with Gasteiger partial charge in [0.15, 0.2) is 34.9 Å². The summed E-state index contributed by atoms with van der Waals surface area (Å²) in [5.41, 5.74) is -2.15. The molecule has 0 aliphatic heterocycles. The van der Waals surface area contributed by atoms with Crippen LogP contribution in [0, 0.1) is 41.8 Å². The van der Waals surface area contributed by atoms with E-state index < -0.39 is 51.6 Å². The van der Waals surface area contributed by atoms with Gasteiger partial charge in [-0.1, -0.05) is 12.1 Å². The summed E-state index contributed by atoms with van der Waals surface area (Å²) in [4.78, 5) is 0. The zero-order valence-electron chi connectivity index (χ0n) is 9.50. The predicted molar refractivity (Wildman–Crippen MR) is 56.4 cm³/mol. The van der Waals surface area contributed by atoms with Crippen LogP contribution in [0.1, 0.15) is 5.56 Å². The fourth-order valence-corrected chi connectivity index (χ4v) is 1.76. The molecule has 0 unspecified atom stereocenters. The van der Waals surface area contributed by atoms with E-state index in [0.29, 0.717) is 0 Å². The van der Waals surface area contributed by atoms with E-state index in [9.17, 15) is 26.3 Å². The van der Waals surface area contributed by atoms with Crippen LogP contribution in [0.15, 0.2) is 18.2 Å². The normalized spacial score (nSPS) is 10.9. The van der Waals surface area contributed by atoms with Crippen molar-refractivity contribution in [3.8, 4) is 11.1 Å². The third kappa shape index (κ3) is 1.97. The first-order valence-corrected chi connectivity index (χ1v) is 5.13. The molecule has 0 atom stereocenters. The molecule has 2 aromatic carbocycles. The predicted octanol–water partition coefficient (Wildman–Crippen LogP) is 4.50. The number of rotatable bonds is 1. The van der Waals surface area contributed by atoms with Crippen LogP contribution in [-0.4, -0.2) is 0 Å². The average Bonchev–Trinajstić information content (AvgIpc) is 2.39. The molecule has 0 heterocycles. The largest absolute Gasteiger partial charge is 0.204 e. The van der Waals surface area contributed by atoms with Gasteiger partial charge in [-0.05, 0) is 18.6 Å². The monoisotopic (exact) mass is 276 g/mol. The molecule has 0 spiro atoms. The second-order valence-corrected chi connectivity index (χ2v) is 3.86. The molecule has 2 aromatic rings. The summed E-state index contributed by atoms with van der Waals surface area (Å²) in [7, 11) is 0. The van der Waals surface area contributed by atoms with E-state index in [1.165, 1.54) is 0 Å². The third-order valence-corrected chi connectivity index (χ3v) is 2.72. The van der Waals surface area contributed by atoms with Crippen LogP contribution in [0.2, 0.25) is 0 Å². The highest BCUT2D eigenvalue weighted by molar-refractivity contribution is 5.69. The summed E-state index contributed by atoms with van der Waals surface area (Å²) in [5.74, 6) is -10.2. The lowest BCUT2D eigenvalue weighted by molar-refractivity contribution is 0.407. The van der Waals surface area contributed by atoms with Gasteiger partial charge in [0.05, 0.1) is 0 Å². The maximum absolute atomic E-state index is 13.6. The molecule has 0 N–H and O–H groups in total. The Morgan fingerprint density at radius 1 is 0.684 bits per heavy atom. The van der Waals surface area contributed by atoms with E-state index in [-0.39, 0.29) is 0 Å². The van der Waals surface area contributed by atoms with E-state index in [0.717, 1.165) is 25.1 Å². The maximum atomic E-state index is 13.6. The first-order valence-electron chi connectivity index (χ1n) is 5.13. The Balaban J connectivity index is 2.87. The molecule has 6 heteroatoms. The highest BCUT2D eigenvalue weighted by Gasteiger charge is 2.26. The Bertz CT molecular complexity index is 634. The quantitative estimate of drug-likeness (QED) is 0.409. The van der Waals surface area contributed by atoms with Crippen molar-refractivity contribution in [3.05, 3.63) is 58.7 Å². The smallest absolute Gasteiger partial charge is 0.198 e. The molecule has 0 saturated heterocycles. The van der Waals surface area contributed by atoms with Gasteiger partial charge in [-0.25, -0.2) is 26.3 Å². The molecule has 0 amide bonds. The van der Waals surface area contributed by atoms with Gasteiger partial charge in [0.2, 0.25) is 0 Å². The van der Waals surface area contributed by atoms with Crippen LogP contribution in [0.5, 0.6) is 0 Å². The lowest BCUT2D eigenvalue weighted by atomic mass is 9.98. The molecule has 0 aliphatic carbocycles. The van der Waals surface area contributed by atoms with Crippen molar-refractivity contribution in [2.45, 2.75) is 6.92 Å². The van der Waals surface area contributed by atoms with Gasteiger partial charge in [-0.2, -0.15) is 0 Å². The lowest BCUT2D eigenvalue weighted by Crippen LogP contribution is -2.04. The van der Waals surface area contributed by atoms with Gasteiger partial charge in [0.25, 0.3) is 0 Å². The average molecular weight is 276 g/mol. The Morgan fingerprint density at radius 3 is 1.89 bits per heavy atom. The number of hydrogen-bond donors (Lipinski definition) is 0. The van der Waals surface area contributed by atoms with Crippen LogP contribution in [0.25, 0.3) is 11.1 Å². The Morgan fingerprint density at radius 2 is 1.26 bits per heavy atom. The van der Waals surface area contributed by atoms with Crippen molar-refractivity contribution >= 4 is 0 Å². The second kappa shape index (κ2) is 4.60. The lowest BCUT2D eigenvalue weighted by Gasteiger charge is -2.11. The molecule has 0 nitrogen and oxygen atoms in total. The van der Waals surface area contributed by atoms with Crippen molar-refractivity contribution in [3.63, 3.8) is 0 Å². The molecule has 0 aromatic heterocycles. The molecule has 0 bridgehead atoms. The van der Waals surface area contributed by atoms with Gasteiger partial charge in [0, 0.05) is 11.1 Å². The van der Waals surface area contributed by atoms with Crippen LogP contribution < -0.4 is 0 Å². The fraction of sp³-hybridized carbons (Fsp3) is 0.0769. The Hall–Kier alpha value is -1.98. The summed E-state index contributed by atoms with van der Waals surface area (Å²) in [6.07, 6.45) is 0. The summed E-state index contributed by atoms with van der Waals surface area (Å²) in [6, 6.07) is 2.76. The zero-order valence-corrected chi connectivity index (χ0v) is 9.50. The standard InChI is InChI=1S/C13H6F6/c1-5-8(6-3-2-4-7(14)10(6)16)11(17)13(19)12(18)9(5)15/h2-4H,1H3. The molecule has 0 aliphatic rings. The summed E-state index contributed by atoms with van der Waals surface area (Å²) in [6.45, 7) is 0.945. The molecule has 0 radical (unpaired) electrons. The van der Waals surface area contributed by atoms with E-state index in [1.54, 1.807) is 0 Å². The number of hydrogen-bond acceptors (Lipinski definition) is 0. The van der Waals surface area contributed by atoms with Crippen molar-refractivity contribution < 1.29 is 26.3 Å². The van der Waals surface area contributed by atoms with Crippen molar-refractivity contribution in [2.24, 2.45) is 0 Å². The summed E-state index contributed by atoms with van der Waals surface area (Å²) < 4.78 is 79.7. The SMILES string of the molecule is Cc1c(F)c(F)c(F)c(F)c1-c1cccc(F)c1F. The minimum absolute atomic E-state index is 0.638. The topological polar surface area (TPSA) is 0 Å². The second-order valence-electron chi connectivity index (χ2n) is 3.86. The molecule has 100 valence electrons. The highest BCUT2D eigenvalue weighted by atomic mass is 19.2. The van der Waals surface area contributed by atoms with E-state index in [4.69, 9.17) is 0 Å². The van der Waals surface area contributed by atoms with Crippen LogP contribution >= 0.6 is 0 Å². The van der Waals surface area contributed by atoms with E-state index >= 15 is 0 Å². The first kappa shape index (κ1) is 13.5. The molecule has 19 heavy (non-hydrogen) atoms. The number of halogens is 6. The van der Waals surface area contributed by atoms with Crippen molar-refractivity contribution in [2.75, 3.05) is 0 Å². The molecule has 0 saturated carbocycles. The summed E-state index contributed by atoms with van der Waals surface area (Å²) in [5, 5.41) is 0. The number of benzene rings is 2. The minimum Gasteiger partial charge on any atom is -0.204 e. The van der Waals surface area contributed by atoms with Gasteiger partial charge < -0.3 is 0 Å². The van der Waals surface area contributed by atoms with Gasteiger partial charge >= 0.3 is 0 Å². The highest BCUT2D eigenvalue weighted by Crippen LogP contribution is 2.34. The zero-order chi connectivity index (χ0) is 14.3. The third-order valence-electron chi connectivity index (χ3n) is 2.72. The van der Waals surface area contributed by atoms with Crippen LogP contribution in [-0.2, 0) is 0 Å². The van der Waals surface area contributed by atoms with Crippen LogP contribution in [0.4, 0.5) is 26.3 Å². The first-order chi connectivity index (χ1) is 8.86. The molecular formula is C13H6F6. The molecular weight excluding hydrogens is 270 g/mol. The minimum atomic E-state index is -2.07. The van der Waals surface area contributed by atoms with Gasteiger partial charge in [0.1, 0.15) is 0 Å². The molecule has 2 rings (SSSR count). The van der Waals surface area contributed by atoms with Crippen LogP contribution in [0.3, 0.4) is 0 Å². The summed E-state index contributed by atoms with van der Waals surface area (Å²) >= 11 is 0. The fourth-order valence-electron chi connectivity index (χ4n) is 1.76. The van der Waals surface area contributed by atoms with Crippen molar-refractivity contribution in [1.82, 2.24) is 0 Å². The Kier molecular flexibility index (Phi) is 3.26. The van der Waals surface area contributed by atoms with E-state index in [1.807, 2.05) is 0 Å². The van der Waals surface area contributed by atoms with Gasteiger partial charge in [-0.3, -0.25) is 0 Å². The maximum Gasteiger partial charge on any atom is 0.198 e. The van der Waals surface area contributed by atoms with E-state index in [2.05, 4.69) is 0 Å². The Labute approximate surface area is 104 Å². The van der Waals surface area contributed by atoms with Crippen molar-refractivity contribution in [1.29, 1.82) is 0 Å². The van der Waals surface area contributed by atoms with Gasteiger partial charge in [-0.15, -0.1) is 0 Å².